The first-order valence-electron chi connectivity index (χ1n) is 34.4. The molecular weight excluding hydrogens is 1270 g/mol. The fourth-order valence-corrected chi connectivity index (χ4v) is 22.4. The van der Waals surface area contributed by atoms with Crippen LogP contribution in [0.15, 0.2) is 138 Å². The highest BCUT2D eigenvalue weighted by Crippen LogP contribution is 2.50. The van der Waals surface area contributed by atoms with Crippen molar-refractivity contribution in [1.82, 2.24) is 0 Å². The molecule has 0 bridgehead atoms. The molecule has 0 amide bonds. The van der Waals surface area contributed by atoms with Gasteiger partial charge in [-0.05, 0) is 210 Å². The van der Waals surface area contributed by atoms with Crippen molar-refractivity contribution in [3.8, 4) is 79.4 Å². The molecule has 11 aromatic rings. The van der Waals surface area contributed by atoms with E-state index < -0.39 is 0 Å². The molecule has 9 aromatic heterocycles. The van der Waals surface area contributed by atoms with Crippen molar-refractivity contribution in [3.63, 3.8) is 0 Å². The molecule has 9 heteroatoms. The average Bonchev–Trinajstić information content (AvgIpc) is 1.82. The van der Waals surface area contributed by atoms with E-state index in [1.54, 1.807) is 0 Å². The molecule has 0 aliphatic heterocycles. The maximum absolute atomic E-state index is 2.57. The third kappa shape index (κ3) is 18.4. The third-order valence-electron chi connectivity index (χ3n) is 17.5. The fourth-order valence-electron chi connectivity index (χ4n) is 12.3. The highest BCUT2D eigenvalue weighted by Gasteiger charge is 2.21. The van der Waals surface area contributed by atoms with Gasteiger partial charge in [0.1, 0.15) is 0 Å². The number of aryl methyl sites for hydroxylation is 5. The Hall–Kier alpha value is -4.78. The van der Waals surface area contributed by atoms with Crippen molar-refractivity contribution >= 4 is 126 Å². The molecule has 0 atom stereocenters. The third-order valence-corrected chi connectivity index (χ3v) is 28.6. The zero-order valence-electron chi connectivity index (χ0n) is 54.4. The van der Waals surface area contributed by atoms with Crippen LogP contribution in [0.5, 0.6) is 0 Å². The van der Waals surface area contributed by atoms with Crippen LogP contribution < -0.4 is 0 Å². The molecule has 0 spiro atoms. The highest BCUT2D eigenvalue weighted by molar-refractivity contribution is 7.30. The fraction of sp³-hybridized carbons (Fsp3) is 0.366. The molecule has 0 saturated carbocycles. The second-order valence-electron chi connectivity index (χ2n) is 24.6. The molecule has 0 radical (unpaired) electrons. The van der Waals surface area contributed by atoms with E-state index in [1.165, 1.54) is 263 Å². The minimum atomic E-state index is 1.13. The van der Waals surface area contributed by atoms with Crippen molar-refractivity contribution in [2.75, 3.05) is 0 Å². The van der Waals surface area contributed by atoms with Gasteiger partial charge in [-0.2, -0.15) is 0 Å². The number of benzene rings is 2. The minimum Gasteiger partial charge on any atom is -0.143 e. The summed E-state index contributed by atoms with van der Waals surface area (Å²) in [5.41, 5.74) is 12.6. The molecule has 0 nitrogen and oxygen atoms in total. The summed E-state index contributed by atoms with van der Waals surface area (Å²) in [5.74, 6) is 0. The normalized spacial score (nSPS) is 11.9. The Labute approximate surface area is 582 Å². The van der Waals surface area contributed by atoms with Gasteiger partial charge in [0.25, 0.3) is 0 Å². The Morgan fingerprint density at radius 1 is 0.253 bits per heavy atom. The van der Waals surface area contributed by atoms with Crippen LogP contribution in [0, 0.1) is 0 Å². The lowest BCUT2D eigenvalue weighted by Gasteiger charge is -2.04. The molecule has 0 N–H and O–H groups in total. The smallest absolute Gasteiger partial charge is 0.0481 e. The number of rotatable bonds is 37. The Balaban J connectivity index is 0.787. The topological polar surface area (TPSA) is 0 Å². The molecule has 11 rings (SSSR count). The van der Waals surface area contributed by atoms with Crippen LogP contribution >= 0.6 is 102 Å². The summed E-state index contributed by atoms with van der Waals surface area (Å²) in [6.07, 6.45) is 40.9. The standard InChI is InChI=1S/C82H92S9/c1-6-11-16-21-27-62-51-53-84-80(62)73-48-46-71(88-73)72-47-50-75(89-72)82-66(31-25-20-15-10-5)57-79(91-82)77-55-64(29-23-18-13-8-3)68(86-77)44-38-59-35-41-61(42-36-59)60-39-33-58(34-40-60)37-43-67-63(28-22-17-12-7-2)54-76(85-67)78-56-65(30-24-19-14-9-4)81(90-78)74-49-45-70(87-74)69-32-26-52-83-69/h26,32-57H,6-25,27-31H2,1-5H3. The lowest BCUT2D eigenvalue weighted by Crippen LogP contribution is -1.86. The van der Waals surface area contributed by atoms with Gasteiger partial charge in [0.2, 0.25) is 0 Å². The van der Waals surface area contributed by atoms with E-state index in [1.807, 2.05) is 102 Å². The Bertz CT molecular complexity index is 3990. The molecular formula is C82H92S9. The Morgan fingerprint density at radius 2 is 0.615 bits per heavy atom. The van der Waals surface area contributed by atoms with E-state index in [-0.39, 0.29) is 0 Å². The molecule has 0 fully saturated rings. The lowest BCUT2D eigenvalue weighted by atomic mass is 10.0. The van der Waals surface area contributed by atoms with Gasteiger partial charge in [-0.15, -0.1) is 102 Å². The summed E-state index contributed by atoms with van der Waals surface area (Å²) in [5, 5.41) is 4.49. The SMILES string of the molecule is CCCCCCc1cc(-c2cc(CCCCCC)c(-c3ccc(-c4cccs4)s3)s2)sc1C=Cc1ccc(-c2ccc(C=Cc3sc(-c4cc(CCCCCC)c(-c5ccc(-c6ccc(-c7sccc7CCCCCC)s6)s5)s4)cc3CCCCCC)cc2)cc1. The van der Waals surface area contributed by atoms with Gasteiger partial charge in [0, 0.05) is 78.0 Å². The zero-order valence-corrected chi connectivity index (χ0v) is 61.8. The first kappa shape index (κ1) is 67.6. The van der Waals surface area contributed by atoms with E-state index in [4.69, 9.17) is 0 Å². The van der Waals surface area contributed by atoms with Gasteiger partial charge in [-0.25, -0.2) is 0 Å². The van der Waals surface area contributed by atoms with Crippen molar-refractivity contribution in [2.24, 2.45) is 0 Å². The van der Waals surface area contributed by atoms with Gasteiger partial charge >= 0.3 is 0 Å². The molecule has 91 heavy (non-hydrogen) atoms. The van der Waals surface area contributed by atoms with Gasteiger partial charge in [0.15, 0.2) is 0 Å². The van der Waals surface area contributed by atoms with Gasteiger partial charge in [-0.1, -0.05) is 198 Å². The van der Waals surface area contributed by atoms with Crippen LogP contribution in [0.25, 0.3) is 104 Å². The molecule has 0 aliphatic carbocycles. The molecule has 0 saturated heterocycles. The summed E-state index contributed by atoms with van der Waals surface area (Å²) >= 11 is 17.7. The van der Waals surface area contributed by atoms with E-state index >= 15 is 0 Å². The summed E-state index contributed by atoms with van der Waals surface area (Å²) in [7, 11) is 0. The van der Waals surface area contributed by atoms with Gasteiger partial charge in [-0.3, -0.25) is 0 Å². The molecule has 0 aliphatic rings. The largest absolute Gasteiger partial charge is 0.143 e. The first-order valence-corrected chi connectivity index (χ1v) is 41.8. The molecule has 474 valence electrons. The zero-order chi connectivity index (χ0) is 62.6. The second kappa shape index (κ2) is 35.1. The van der Waals surface area contributed by atoms with E-state index in [2.05, 4.69) is 197 Å². The van der Waals surface area contributed by atoms with Crippen LogP contribution in [0.1, 0.15) is 212 Å². The first-order chi connectivity index (χ1) is 44.9. The van der Waals surface area contributed by atoms with Crippen LogP contribution in [-0.2, 0) is 32.1 Å². The average molecular weight is 1370 g/mol. The quantitative estimate of drug-likeness (QED) is 0.0341. The molecule has 2 aromatic carbocycles. The van der Waals surface area contributed by atoms with E-state index in [0.717, 1.165) is 25.7 Å². The van der Waals surface area contributed by atoms with E-state index in [9.17, 15) is 0 Å². The minimum absolute atomic E-state index is 1.13. The van der Waals surface area contributed by atoms with Gasteiger partial charge in [0.05, 0.1) is 0 Å². The predicted molar refractivity (Wildman–Crippen MR) is 421 cm³/mol. The molecule has 9 heterocycles. The van der Waals surface area contributed by atoms with Crippen LogP contribution in [0.4, 0.5) is 0 Å². The number of hydrogen-bond acceptors (Lipinski definition) is 9. The van der Waals surface area contributed by atoms with Crippen LogP contribution in [0.3, 0.4) is 0 Å². The summed E-state index contributed by atoms with van der Waals surface area (Å²) < 4.78 is 0. The Morgan fingerprint density at radius 3 is 1.02 bits per heavy atom. The predicted octanol–water partition coefficient (Wildman–Crippen LogP) is 30.5. The van der Waals surface area contributed by atoms with Crippen LogP contribution in [-0.4, -0.2) is 0 Å². The van der Waals surface area contributed by atoms with Crippen molar-refractivity contribution < 1.29 is 0 Å². The van der Waals surface area contributed by atoms with Crippen molar-refractivity contribution in [1.29, 1.82) is 0 Å². The highest BCUT2D eigenvalue weighted by atomic mass is 32.1. The summed E-state index contributed by atoms with van der Waals surface area (Å²) in [6.45, 7) is 11.6. The van der Waals surface area contributed by atoms with Crippen molar-refractivity contribution in [2.45, 2.75) is 195 Å². The molecule has 0 unspecified atom stereocenters. The summed E-state index contributed by atoms with van der Waals surface area (Å²) in [6, 6.07) is 49.7. The lowest BCUT2D eigenvalue weighted by molar-refractivity contribution is 0.667. The number of thiophene rings is 9. The van der Waals surface area contributed by atoms with Crippen LogP contribution in [0.2, 0.25) is 0 Å². The Kier molecular flexibility index (Phi) is 26.1. The number of unbranched alkanes of at least 4 members (excludes halogenated alkanes) is 15. The maximum atomic E-state index is 2.57. The van der Waals surface area contributed by atoms with Crippen molar-refractivity contribution in [3.05, 3.63) is 187 Å². The second-order valence-corrected chi connectivity index (χ2v) is 34.0. The maximum Gasteiger partial charge on any atom is 0.0481 e. The van der Waals surface area contributed by atoms with Gasteiger partial charge < -0.3 is 0 Å². The number of hydrogen-bond donors (Lipinski definition) is 0. The van der Waals surface area contributed by atoms with E-state index in [0.29, 0.717) is 0 Å². The monoisotopic (exact) mass is 1360 g/mol. The summed E-state index contributed by atoms with van der Waals surface area (Å²) in [4.78, 5) is 22.7.